The predicted octanol–water partition coefficient (Wildman–Crippen LogP) is 3.84. The molecule has 0 aromatic heterocycles. The van der Waals surface area contributed by atoms with E-state index in [2.05, 4.69) is 30.0 Å². The quantitative estimate of drug-likeness (QED) is 0.834. The highest BCUT2D eigenvalue weighted by Gasteiger charge is 2.39. The zero-order valence-corrected chi connectivity index (χ0v) is 12.5. The molecule has 0 bridgehead atoms. The molecule has 2 N–H and O–H groups in total. The molecular weight excluding hydrogens is 256 g/mol. The van der Waals surface area contributed by atoms with Crippen molar-refractivity contribution in [1.29, 1.82) is 0 Å². The second-order valence-electron chi connectivity index (χ2n) is 6.11. The van der Waals surface area contributed by atoms with E-state index in [1.807, 2.05) is 6.07 Å². The summed E-state index contributed by atoms with van der Waals surface area (Å²) in [7, 11) is 0. The van der Waals surface area contributed by atoms with Gasteiger partial charge in [-0.15, -0.1) is 12.4 Å². The summed E-state index contributed by atoms with van der Waals surface area (Å²) >= 11 is 0. The van der Waals surface area contributed by atoms with Gasteiger partial charge in [-0.25, -0.2) is 0 Å². The van der Waals surface area contributed by atoms with Crippen LogP contribution >= 0.6 is 12.4 Å². The largest absolute Gasteiger partial charge is 0.399 e. The highest BCUT2D eigenvalue weighted by molar-refractivity contribution is 5.85. The van der Waals surface area contributed by atoms with Crippen LogP contribution in [0.1, 0.15) is 44.6 Å². The summed E-state index contributed by atoms with van der Waals surface area (Å²) in [4.78, 5) is 2.72. The van der Waals surface area contributed by atoms with E-state index >= 15 is 0 Å². The van der Waals surface area contributed by atoms with Crippen molar-refractivity contribution in [3.8, 4) is 0 Å². The number of anilines is 1. The molecule has 1 aliphatic heterocycles. The number of fused-ring (bicyclic) bond motifs is 1. The van der Waals surface area contributed by atoms with Crippen molar-refractivity contribution in [3.05, 3.63) is 29.8 Å². The van der Waals surface area contributed by atoms with E-state index in [0.29, 0.717) is 0 Å². The first-order chi connectivity index (χ1) is 8.74. The number of rotatable bonds is 2. The van der Waals surface area contributed by atoms with E-state index in [-0.39, 0.29) is 12.4 Å². The van der Waals surface area contributed by atoms with Crippen LogP contribution in [0.25, 0.3) is 0 Å². The van der Waals surface area contributed by atoms with Crippen molar-refractivity contribution in [2.75, 3.05) is 5.73 Å². The van der Waals surface area contributed by atoms with Gasteiger partial charge < -0.3 is 5.73 Å². The Morgan fingerprint density at radius 2 is 2.05 bits per heavy atom. The monoisotopic (exact) mass is 280 g/mol. The maximum atomic E-state index is 5.88. The molecule has 1 saturated carbocycles. The molecular formula is C16H25ClN2. The third kappa shape index (κ3) is 3.06. The first-order valence-electron chi connectivity index (χ1n) is 7.34. The Balaban J connectivity index is 0.00000133. The van der Waals surface area contributed by atoms with E-state index in [0.717, 1.165) is 30.2 Å². The minimum Gasteiger partial charge on any atom is -0.399 e. The Morgan fingerprint density at radius 3 is 2.84 bits per heavy atom. The van der Waals surface area contributed by atoms with E-state index in [9.17, 15) is 0 Å². The maximum Gasteiger partial charge on any atom is 0.0317 e. The number of hydrogen-bond acceptors (Lipinski definition) is 2. The molecule has 0 amide bonds. The molecule has 106 valence electrons. The fourth-order valence-electron chi connectivity index (χ4n) is 3.98. The lowest BCUT2D eigenvalue weighted by atomic mass is 9.85. The van der Waals surface area contributed by atoms with Crippen LogP contribution < -0.4 is 5.73 Å². The Bertz CT molecular complexity index is 421. The van der Waals surface area contributed by atoms with Gasteiger partial charge in [0.25, 0.3) is 0 Å². The molecule has 3 unspecified atom stereocenters. The van der Waals surface area contributed by atoms with Crippen LogP contribution in [0.5, 0.6) is 0 Å². The molecule has 2 aliphatic rings. The lowest BCUT2D eigenvalue weighted by molar-refractivity contribution is 0.149. The zero-order valence-electron chi connectivity index (χ0n) is 11.7. The van der Waals surface area contributed by atoms with Crippen molar-refractivity contribution < 1.29 is 0 Å². The minimum atomic E-state index is 0. The molecule has 1 saturated heterocycles. The lowest BCUT2D eigenvalue weighted by Gasteiger charge is -2.33. The van der Waals surface area contributed by atoms with Crippen molar-refractivity contribution in [1.82, 2.24) is 4.90 Å². The topological polar surface area (TPSA) is 29.3 Å². The van der Waals surface area contributed by atoms with Gasteiger partial charge in [-0.05, 0) is 49.8 Å². The molecule has 3 atom stereocenters. The molecule has 0 radical (unpaired) electrons. The smallest absolute Gasteiger partial charge is 0.0317 e. The molecule has 19 heavy (non-hydrogen) atoms. The number of nitrogens with zero attached hydrogens (tertiary/aromatic N) is 1. The number of halogens is 1. The second kappa shape index (κ2) is 6.15. The maximum absolute atomic E-state index is 5.88. The van der Waals surface area contributed by atoms with Gasteiger partial charge in [0.15, 0.2) is 0 Å². The van der Waals surface area contributed by atoms with Gasteiger partial charge in [0.1, 0.15) is 0 Å². The first kappa shape index (κ1) is 14.7. The molecule has 1 aliphatic carbocycles. The van der Waals surface area contributed by atoms with Crippen molar-refractivity contribution >= 4 is 18.1 Å². The molecule has 2 nitrogen and oxygen atoms in total. The van der Waals surface area contributed by atoms with Gasteiger partial charge in [0, 0.05) is 24.3 Å². The number of hydrogen-bond donors (Lipinski definition) is 1. The summed E-state index contributed by atoms with van der Waals surface area (Å²) in [6.07, 6.45) is 7.11. The summed E-state index contributed by atoms with van der Waals surface area (Å²) < 4.78 is 0. The predicted molar refractivity (Wildman–Crippen MR) is 83.5 cm³/mol. The zero-order chi connectivity index (χ0) is 12.5. The number of nitrogen functional groups attached to an aromatic ring is 1. The van der Waals surface area contributed by atoms with Crippen LogP contribution in [0.3, 0.4) is 0 Å². The Kier molecular flexibility index (Phi) is 4.75. The molecule has 3 heteroatoms. The fraction of sp³-hybridized carbons (Fsp3) is 0.625. The third-order valence-electron chi connectivity index (χ3n) is 4.82. The van der Waals surface area contributed by atoms with Gasteiger partial charge in [-0.3, -0.25) is 4.90 Å². The Labute approximate surface area is 122 Å². The SMILES string of the molecule is CC1CC2CCCCC2N1Cc1cccc(N)c1.Cl. The van der Waals surface area contributed by atoms with E-state index in [1.54, 1.807) is 0 Å². The van der Waals surface area contributed by atoms with Crippen LogP contribution in [0, 0.1) is 5.92 Å². The van der Waals surface area contributed by atoms with Gasteiger partial charge >= 0.3 is 0 Å². The third-order valence-corrected chi connectivity index (χ3v) is 4.82. The summed E-state index contributed by atoms with van der Waals surface area (Å²) in [6, 6.07) is 9.95. The minimum absolute atomic E-state index is 0. The second-order valence-corrected chi connectivity index (χ2v) is 6.11. The van der Waals surface area contributed by atoms with Crippen LogP contribution in [-0.2, 0) is 6.54 Å². The molecule has 1 aromatic carbocycles. The highest BCUT2D eigenvalue weighted by Crippen LogP contribution is 2.40. The number of likely N-dealkylation sites (tertiary alicyclic amines) is 1. The Hall–Kier alpha value is -0.730. The summed E-state index contributed by atoms with van der Waals surface area (Å²) in [5, 5.41) is 0. The molecule has 0 spiro atoms. The summed E-state index contributed by atoms with van der Waals surface area (Å²) in [5.74, 6) is 0.954. The van der Waals surface area contributed by atoms with E-state index in [4.69, 9.17) is 5.73 Å². The number of benzene rings is 1. The molecule has 1 aromatic rings. The summed E-state index contributed by atoms with van der Waals surface area (Å²) in [5.41, 5.74) is 8.14. The van der Waals surface area contributed by atoms with Crippen molar-refractivity contribution in [3.63, 3.8) is 0 Å². The van der Waals surface area contributed by atoms with Gasteiger partial charge in [0.05, 0.1) is 0 Å². The van der Waals surface area contributed by atoms with Crippen molar-refractivity contribution in [2.24, 2.45) is 5.92 Å². The van der Waals surface area contributed by atoms with Crippen molar-refractivity contribution in [2.45, 2.75) is 57.7 Å². The lowest BCUT2D eigenvalue weighted by Crippen LogP contribution is -2.37. The average Bonchev–Trinajstić information content (AvgIpc) is 2.66. The average molecular weight is 281 g/mol. The van der Waals surface area contributed by atoms with Crippen LogP contribution in [0.15, 0.2) is 24.3 Å². The van der Waals surface area contributed by atoms with Gasteiger partial charge in [-0.2, -0.15) is 0 Å². The standard InChI is InChI=1S/C16H24N2.ClH/c1-12-9-14-6-2-3-8-16(14)18(12)11-13-5-4-7-15(17)10-13;/h4-5,7,10,12,14,16H,2-3,6,8-9,11,17H2,1H3;1H. The van der Waals surface area contributed by atoms with Crippen LogP contribution in [0.2, 0.25) is 0 Å². The number of nitrogens with two attached hydrogens (primary N) is 1. The first-order valence-corrected chi connectivity index (χ1v) is 7.34. The van der Waals surface area contributed by atoms with E-state index in [1.165, 1.54) is 37.7 Å². The van der Waals surface area contributed by atoms with Gasteiger partial charge in [0.2, 0.25) is 0 Å². The Morgan fingerprint density at radius 1 is 1.26 bits per heavy atom. The molecule has 2 fully saturated rings. The summed E-state index contributed by atoms with van der Waals surface area (Å²) in [6.45, 7) is 3.47. The van der Waals surface area contributed by atoms with Gasteiger partial charge in [-0.1, -0.05) is 25.0 Å². The molecule has 1 heterocycles. The fourth-order valence-corrected chi connectivity index (χ4v) is 3.98. The normalized spacial score (nSPS) is 30.7. The van der Waals surface area contributed by atoms with Crippen LogP contribution in [0.4, 0.5) is 5.69 Å². The molecule has 3 rings (SSSR count). The van der Waals surface area contributed by atoms with Crippen LogP contribution in [-0.4, -0.2) is 17.0 Å². The van der Waals surface area contributed by atoms with E-state index < -0.39 is 0 Å². The highest BCUT2D eigenvalue weighted by atomic mass is 35.5.